The van der Waals surface area contributed by atoms with Gasteiger partial charge in [-0.3, -0.25) is 4.79 Å². The van der Waals surface area contributed by atoms with E-state index < -0.39 is 5.41 Å². The molecule has 4 N–H and O–H groups in total. The van der Waals surface area contributed by atoms with E-state index in [1.165, 1.54) is 0 Å². The van der Waals surface area contributed by atoms with Crippen LogP contribution in [0.15, 0.2) is 22.7 Å². The molecule has 1 saturated heterocycles. The number of carbonyl (C=O) groups excluding carboxylic acids is 1. The first-order chi connectivity index (χ1) is 8.46. The highest BCUT2D eigenvalue weighted by Gasteiger charge is 2.39. The summed E-state index contributed by atoms with van der Waals surface area (Å²) in [4.78, 5) is 13.7. The number of primary amides is 1. The fourth-order valence-electron chi connectivity index (χ4n) is 2.39. The monoisotopic (exact) mass is 311 g/mol. The third-order valence-corrected chi connectivity index (χ3v) is 4.16. The summed E-state index contributed by atoms with van der Waals surface area (Å²) in [5, 5.41) is 0. The van der Waals surface area contributed by atoms with Crippen LogP contribution in [0.3, 0.4) is 0 Å². The Kier molecular flexibility index (Phi) is 3.64. The number of nitrogens with zero attached hydrogens (tertiary/aromatic N) is 1. The summed E-state index contributed by atoms with van der Waals surface area (Å²) in [6.45, 7) is 3.92. The SMILES string of the molecule is CC1(C(N)=O)CCN(c2ccc(Br)cc2CN)C1. The van der Waals surface area contributed by atoms with E-state index in [1.807, 2.05) is 25.1 Å². The van der Waals surface area contributed by atoms with Gasteiger partial charge in [-0.2, -0.15) is 0 Å². The van der Waals surface area contributed by atoms with Crippen molar-refractivity contribution in [1.82, 2.24) is 0 Å². The topological polar surface area (TPSA) is 72.4 Å². The minimum absolute atomic E-state index is 0.226. The summed E-state index contributed by atoms with van der Waals surface area (Å²) in [6, 6.07) is 6.06. The Morgan fingerprint density at radius 2 is 2.28 bits per heavy atom. The van der Waals surface area contributed by atoms with E-state index in [1.54, 1.807) is 0 Å². The van der Waals surface area contributed by atoms with Gasteiger partial charge in [0.15, 0.2) is 0 Å². The lowest BCUT2D eigenvalue weighted by molar-refractivity contribution is -0.125. The number of hydrogen-bond acceptors (Lipinski definition) is 3. The van der Waals surface area contributed by atoms with Crippen LogP contribution in [0, 0.1) is 5.41 Å². The molecular formula is C13H18BrN3O. The number of hydrogen-bond donors (Lipinski definition) is 2. The first-order valence-corrected chi connectivity index (χ1v) is 6.79. The van der Waals surface area contributed by atoms with Crippen molar-refractivity contribution >= 4 is 27.5 Å². The third-order valence-electron chi connectivity index (χ3n) is 3.67. The fraction of sp³-hybridized carbons (Fsp3) is 0.462. The molecule has 1 aliphatic rings. The van der Waals surface area contributed by atoms with Gasteiger partial charge in [0.05, 0.1) is 5.41 Å². The van der Waals surface area contributed by atoms with Crippen LogP contribution < -0.4 is 16.4 Å². The number of anilines is 1. The zero-order chi connectivity index (χ0) is 13.3. The number of nitrogens with two attached hydrogens (primary N) is 2. The van der Waals surface area contributed by atoms with Crippen LogP contribution in [0.5, 0.6) is 0 Å². The smallest absolute Gasteiger partial charge is 0.225 e. The molecule has 1 heterocycles. The van der Waals surface area contributed by atoms with Gasteiger partial charge in [-0.1, -0.05) is 15.9 Å². The van der Waals surface area contributed by atoms with E-state index in [2.05, 4.69) is 20.8 Å². The van der Waals surface area contributed by atoms with Gasteiger partial charge in [-0.05, 0) is 37.1 Å². The molecule has 0 spiro atoms. The predicted octanol–water partition coefficient (Wildman–Crippen LogP) is 1.61. The third kappa shape index (κ3) is 2.37. The molecule has 1 aromatic carbocycles. The van der Waals surface area contributed by atoms with Gasteiger partial charge >= 0.3 is 0 Å². The van der Waals surface area contributed by atoms with Crippen LogP contribution in [0.1, 0.15) is 18.9 Å². The van der Waals surface area contributed by atoms with Crippen LogP contribution in [0.2, 0.25) is 0 Å². The van der Waals surface area contributed by atoms with Crippen molar-refractivity contribution in [2.24, 2.45) is 16.9 Å². The van der Waals surface area contributed by atoms with Crippen molar-refractivity contribution in [3.05, 3.63) is 28.2 Å². The van der Waals surface area contributed by atoms with Crippen molar-refractivity contribution in [3.63, 3.8) is 0 Å². The molecule has 5 heteroatoms. The van der Waals surface area contributed by atoms with E-state index in [0.717, 1.165) is 28.7 Å². The van der Waals surface area contributed by atoms with Crippen LogP contribution in [-0.2, 0) is 11.3 Å². The largest absolute Gasteiger partial charge is 0.370 e. The Bertz CT molecular complexity index is 477. The van der Waals surface area contributed by atoms with Crippen molar-refractivity contribution < 1.29 is 4.79 Å². The molecule has 4 nitrogen and oxygen atoms in total. The average molecular weight is 312 g/mol. The Balaban J connectivity index is 2.27. The number of amides is 1. The van der Waals surface area contributed by atoms with Gasteiger partial charge in [0.1, 0.15) is 0 Å². The molecule has 1 aliphatic heterocycles. The summed E-state index contributed by atoms with van der Waals surface area (Å²) < 4.78 is 1.02. The van der Waals surface area contributed by atoms with Crippen LogP contribution in [0.25, 0.3) is 0 Å². The maximum atomic E-state index is 11.5. The van der Waals surface area contributed by atoms with Crippen LogP contribution >= 0.6 is 15.9 Å². The van der Waals surface area contributed by atoms with Gasteiger partial charge in [0.25, 0.3) is 0 Å². The van der Waals surface area contributed by atoms with E-state index >= 15 is 0 Å². The maximum absolute atomic E-state index is 11.5. The fourth-order valence-corrected chi connectivity index (χ4v) is 2.80. The van der Waals surface area contributed by atoms with Gasteiger partial charge < -0.3 is 16.4 Å². The zero-order valence-electron chi connectivity index (χ0n) is 10.4. The standard InChI is InChI=1S/C13H18BrN3O/c1-13(12(16)18)4-5-17(8-13)11-3-2-10(14)6-9(11)7-15/h2-3,6H,4-5,7-8,15H2,1H3,(H2,16,18). The molecule has 98 valence electrons. The molecule has 1 aromatic rings. The highest BCUT2D eigenvalue weighted by molar-refractivity contribution is 9.10. The Hall–Kier alpha value is -1.07. The number of rotatable bonds is 3. The molecule has 0 aromatic heterocycles. The summed E-state index contributed by atoms with van der Waals surface area (Å²) in [5.41, 5.74) is 13.0. The zero-order valence-corrected chi connectivity index (χ0v) is 12.0. The van der Waals surface area contributed by atoms with Crippen LogP contribution in [0.4, 0.5) is 5.69 Å². The summed E-state index contributed by atoms with van der Waals surface area (Å²) in [5.74, 6) is -0.226. The molecule has 0 aliphatic carbocycles. The summed E-state index contributed by atoms with van der Waals surface area (Å²) in [6.07, 6.45) is 0.794. The normalized spacial score (nSPS) is 23.4. The Morgan fingerprint density at radius 3 is 2.83 bits per heavy atom. The minimum atomic E-state index is -0.432. The van der Waals surface area contributed by atoms with Crippen molar-refractivity contribution in [1.29, 1.82) is 0 Å². The van der Waals surface area contributed by atoms with Gasteiger partial charge in [-0.25, -0.2) is 0 Å². The second-order valence-corrected chi connectivity index (χ2v) is 5.99. The molecule has 1 fully saturated rings. The summed E-state index contributed by atoms with van der Waals surface area (Å²) in [7, 11) is 0. The quantitative estimate of drug-likeness (QED) is 0.890. The number of carbonyl (C=O) groups is 1. The first kappa shape index (κ1) is 13.4. The molecule has 0 bridgehead atoms. The first-order valence-electron chi connectivity index (χ1n) is 5.99. The van der Waals surface area contributed by atoms with E-state index in [9.17, 15) is 4.79 Å². The average Bonchev–Trinajstić information content (AvgIpc) is 2.73. The highest BCUT2D eigenvalue weighted by Crippen LogP contribution is 2.35. The van der Waals surface area contributed by atoms with Crippen molar-refractivity contribution in [2.45, 2.75) is 19.9 Å². The molecule has 0 saturated carbocycles. The van der Waals surface area contributed by atoms with E-state index in [0.29, 0.717) is 13.1 Å². The lowest BCUT2D eigenvalue weighted by Crippen LogP contribution is -2.37. The van der Waals surface area contributed by atoms with Crippen molar-refractivity contribution in [3.8, 4) is 0 Å². The Labute approximate surface area is 115 Å². The molecule has 0 radical (unpaired) electrons. The molecular weight excluding hydrogens is 294 g/mol. The maximum Gasteiger partial charge on any atom is 0.225 e. The lowest BCUT2D eigenvalue weighted by atomic mass is 9.89. The van der Waals surface area contributed by atoms with Crippen LogP contribution in [-0.4, -0.2) is 19.0 Å². The lowest BCUT2D eigenvalue weighted by Gasteiger charge is -2.24. The molecule has 1 unspecified atom stereocenters. The highest BCUT2D eigenvalue weighted by atomic mass is 79.9. The second kappa shape index (κ2) is 4.90. The van der Waals surface area contributed by atoms with E-state index in [4.69, 9.17) is 11.5 Å². The van der Waals surface area contributed by atoms with Crippen molar-refractivity contribution in [2.75, 3.05) is 18.0 Å². The number of benzene rings is 1. The van der Waals surface area contributed by atoms with Gasteiger partial charge in [0.2, 0.25) is 5.91 Å². The second-order valence-electron chi connectivity index (χ2n) is 5.07. The predicted molar refractivity (Wildman–Crippen MR) is 76.2 cm³/mol. The molecule has 18 heavy (non-hydrogen) atoms. The van der Waals surface area contributed by atoms with E-state index in [-0.39, 0.29) is 5.91 Å². The Morgan fingerprint density at radius 1 is 1.56 bits per heavy atom. The van der Waals surface area contributed by atoms with Gasteiger partial charge in [0, 0.05) is 29.8 Å². The minimum Gasteiger partial charge on any atom is -0.370 e. The van der Waals surface area contributed by atoms with Gasteiger partial charge in [-0.15, -0.1) is 0 Å². The molecule has 1 amide bonds. The summed E-state index contributed by atoms with van der Waals surface area (Å²) >= 11 is 3.44. The molecule has 2 rings (SSSR count). The number of halogens is 1. The molecule has 1 atom stereocenters.